The summed E-state index contributed by atoms with van der Waals surface area (Å²) < 4.78 is 10.7. The number of methoxy groups -OCH3 is 1. The van der Waals surface area contributed by atoms with Crippen LogP contribution in [0.2, 0.25) is 0 Å². The van der Waals surface area contributed by atoms with Crippen LogP contribution in [0.5, 0.6) is 12.0 Å². The molecule has 1 aromatic rings. The fourth-order valence-corrected chi connectivity index (χ4v) is 1.44. The van der Waals surface area contributed by atoms with Gasteiger partial charge in [-0.25, -0.2) is 0 Å². The van der Waals surface area contributed by atoms with Crippen LogP contribution in [0.4, 0.5) is 5.95 Å². The Morgan fingerprint density at radius 1 is 1.11 bits per heavy atom. The van der Waals surface area contributed by atoms with Gasteiger partial charge in [0, 0.05) is 6.54 Å². The molecule has 6 heteroatoms. The van der Waals surface area contributed by atoms with Gasteiger partial charge >= 0.3 is 12.0 Å². The average molecular weight is 254 g/mol. The number of rotatable bonds is 8. The zero-order valence-corrected chi connectivity index (χ0v) is 11.6. The molecule has 0 fully saturated rings. The van der Waals surface area contributed by atoms with Gasteiger partial charge in [0.25, 0.3) is 0 Å². The van der Waals surface area contributed by atoms with Gasteiger partial charge in [-0.3, -0.25) is 0 Å². The van der Waals surface area contributed by atoms with E-state index < -0.39 is 0 Å². The molecule has 1 rings (SSSR count). The van der Waals surface area contributed by atoms with Crippen molar-refractivity contribution in [3.05, 3.63) is 0 Å². The van der Waals surface area contributed by atoms with Crippen LogP contribution in [0.1, 0.15) is 40.0 Å². The third-order valence-electron chi connectivity index (χ3n) is 2.31. The van der Waals surface area contributed by atoms with Crippen molar-refractivity contribution in [1.29, 1.82) is 0 Å². The molecule has 1 unspecified atom stereocenters. The monoisotopic (exact) mass is 254 g/mol. The Hall–Kier alpha value is -1.59. The standard InChI is InChI=1S/C12H22N4O2/c1-5-7-9(3)18-12-15-10(13-8-6-2)14-11(16-12)17-4/h9H,5-8H2,1-4H3,(H,13,14,15,16). The highest BCUT2D eigenvalue weighted by Crippen LogP contribution is 2.15. The summed E-state index contributed by atoms with van der Waals surface area (Å²) in [5.74, 6) is 0.488. The lowest BCUT2D eigenvalue weighted by Crippen LogP contribution is -2.15. The molecule has 0 bridgehead atoms. The van der Waals surface area contributed by atoms with Crippen LogP contribution in [0.15, 0.2) is 0 Å². The van der Waals surface area contributed by atoms with Crippen molar-refractivity contribution in [1.82, 2.24) is 15.0 Å². The number of anilines is 1. The number of ether oxygens (including phenoxy) is 2. The van der Waals surface area contributed by atoms with Gasteiger partial charge in [0.1, 0.15) is 0 Å². The van der Waals surface area contributed by atoms with Crippen molar-refractivity contribution in [3.8, 4) is 12.0 Å². The maximum absolute atomic E-state index is 5.64. The van der Waals surface area contributed by atoms with Gasteiger partial charge in [-0.2, -0.15) is 9.97 Å². The van der Waals surface area contributed by atoms with E-state index in [0.717, 1.165) is 25.8 Å². The van der Waals surface area contributed by atoms with Crippen molar-refractivity contribution in [2.45, 2.75) is 46.1 Å². The minimum absolute atomic E-state index is 0.0844. The largest absolute Gasteiger partial charge is 0.467 e. The van der Waals surface area contributed by atoms with Crippen molar-refractivity contribution >= 4 is 5.95 Å². The van der Waals surface area contributed by atoms with Crippen LogP contribution >= 0.6 is 0 Å². The molecule has 0 radical (unpaired) electrons. The SMILES string of the molecule is CCCNc1nc(OC)nc(OC(C)CCC)n1. The second-order valence-corrected chi connectivity index (χ2v) is 4.07. The minimum atomic E-state index is 0.0844. The third-order valence-corrected chi connectivity index (χ3v) is 2.31. The fourth-order valence-electron chi connectivity index (χ4n) is 1.44. The fraction of sp³-hybridized carbons (Fsp3) is 0.750. The summed E-state index contributed by atoms with van der Waals surface area (Å²) in [5.41, 5.74) is 0. The average Bonchev–Trinajstić information content (AvgIpc) is 2.36. The van der Waals surface area contributed by atoms with Gasteiger partial charge in [-0.05, 0) is 19.8 Å². The van der Waals surface area contributed by atoms with Gasteiger partial charge in [0.05, 0.1) is 13.2 Å². The van der Waals surface area contributed by atoms with Gasteiger partial charge in [0.15, 0.2) is 0 Å². The van der Waals surface area contributed by atoms with E-state index in [2.05, 4.69) is 34.1 Å². The smallest absolute Gasteiger partial charge is 0.324 e. The predicted molar refractivity (Wildman–Crippen MR) is 70.2 cm³/mol. The normalized spacial score (nSPS) is 12.0. The Morgan fingerprint density at radius 2 is 1.83 bits per heavy atom. The van der Waals surface area contributed by atoms with E-state index in [4.69, 9.17) is 9.47 Å². The Morgan fingerprint density at radius 3 is 2.44 bits per heavy atom. The number of aromatic nitrogens is 3. The topological polar surface area (TPSA) is 69.2 Å². The van der Waals surface area contributed by atoms with Gasteiger partial charge in [-0.15, -0.1) is 4.98 Å². The molecule has 0 saturated carbocycles. The number of nitrogens with zero attached hydrogens (tertiary/aromatic N) is 3. The second kappa shape index (κ2) is 7.68. The Labute approximate surface area is 108 Å². The first-order valence-electron chi connectivity index (χ1n) is 6.40. The number of nitrogens with one attached hydrogen (secondary N) is 1. The van der Waals surface area contributed by atoms with Gasteiger partial charge in [0.2, 0.25) is 5.95 Å². The summed E-state index contributed by atoms with van der Waals surface area (Å²) in [6, 6.07) is 0.573. The van der Waals surface area contributed by atoms with E-state index in [1.807, 2.05) is 6.92 Å². The van der Waals surface area contributed by atoms with E-state index in [-0.39, 0.29) is 12.1 Å². The molecular weight excluding hydrogens is 232 g/mol. The molecular formula is C12H22N4O2. The van der Waals surface area contributed by atoms with Gasteiger partial charge < -0.3 is 14.8 Å². The zero-order valence-electron chi connectivity index (χ0n) is 11.6. The quantitative estimate of drug-likeness (QED) is 0.767. The van der Waals surface area contributed by atoms with E-state index >= 15 is 0 Å². The lowest BCUT2D eigenvalue weighted by atomic mass is 10.2. The first kappa shape index (κ1) is 14.5. The molecule has 0 aliphatic heterocycles. The molecule has 0 aromatic carbocycles. The summed E-state index contributed by atoms with van der Waals surface area (Å²) in [5, 5.41) is 3.09. The molecule has 6 nitrogen and oxygen atoms in total. The molecule has 0 aliphatic rings. The highest BCUT2D eigenvalue weighted by molar-refractivity contribution is 5.27. The maximum atomic E-state index is 5.64. The molecule has 1 heterocycles. The molecule has 18 heavy (non-hydrogen) atoms. The second-order valence-electron chi connectivity index (χ2n) is 4.07. The van der Waals surface area contributed by atoms with E-state index in [0.29, 0.717) is 12.0 Å². The number of hydrogen-bond acceptors (Lipinski definition) is 6. The Balaban J connectivity index is 2.76. The molecule has 1 N–H and O–H groups in total. The van der Waals surface area contributed by atoms with Crippen LogP contribution in [-0.2, 0) is 0 Å². The maximum Gasteiger partial charge on any atom is 0.324 e. The summed E-state index contributed by atoms with van der Waals surface area (Å²) in [4.78, 5) is 12.4. The van der Waals surface area contributed by atoms with E-state index in [1.54, 1.807) is 0 Å². The predicted octanol–water partition coefficient (Wildman–Crippen LogP) is 2.27. The lowest BCUT2D eigenvalue weighted by Gasteiger charge is -2.13. The summed E-state index contributed by atoms with van der Waals surface area (Å²) in [6.07, 6.45) is 3.10. The van der Waals surface area contributed by atoms with Crippen LogP contribution in [0.25, 0.3) is 0 Å². The first-order chi connectivity index (χ1) is 8.69. The zero-order chi connectivity index (χ0) is 13.4. The van der Waals surface area contributed by atoms with E-state index in [1.165, 1.54) is 7.11 Å². The molecule has 0 aliphatic carbocycles. The molecule has 1 atom stereocenters. The molecule has 102 valence electrons. The van der Waals surface area contributed by atoms with Gasteiger partial charge in [-0.1, -0.05) is 20.3 Å². The van der Waals surface area contributed by atoms with Crippen molar-refractivity contribution in [3.63, 3.8) is 0 Å². The van der Waals surface area contributed by atoms with Crippen molar-refractivity contribution in [2.75, 3.05) is 19.0 Å². The summed E-state index contributed by atoms with van der Waals surface area (Å²) in [6.45, 7) is 6.99. The third kappa shape index (κ3) is 4.73. The Kier molecular flexibility index (Phi) is 6.18. The summed E-state index contributed by atoms with van der Waals surface area (Å²) >= 11 is 0. The van der Waals surface area contributed by atoms with Crippen LogP contribution < -0.4 is 14.8 Å². The highest BCUT2D eigenvalue weighted by atomic mass is 16.5. The van der Waals surface area contributed by atoms with Crippen LogP contribution in [0, 0.1) is 0 Å². The number of hydrogen-bond donors (Lipinski definition) is 1. The van der Waals surface area contributed by atoms with E-state index in [9.17, 15) is 0 Å². The molecule has 0 spiro atoms. The Bertz CT molecular complexity index is 360. The summed E-state index contributed by atoms with van der Waals surface area (Å²) in [7, 11) is 1.53. The molecule has 0 saturated heterocycles. The highest BCUT2D eigenvalue weighted by Gasteiger charge is 2.10. The van der Waals surface area contributed by atoms with Crippen molar-refractivity contribution in [2.24, 2.45) is 0 Å². The van der Waals surface area contributed by atoms with Crippen molar-refractivity contribution < 1.29 is 9.47 Å². The lowest BCUT2D eigenvalue weighted by molar-refractivity contribution is 0.189. The van der Waals surface area contributed by atoms with Crippen LogP contribution in [-0.4, -0.2) is 34.7 Å². The molecule has 0 amide bonds. The van der Waals surface area contributed by atoms with Crippen LogP contribution in [0.3, 0.4) is 0 Å². The minimum Gasteiger partial charge on any atom is -0.467 e. The first-order valence-corrected chi connectivity index (χ1v) is 6.40. The molecule has 1 aromatic heterocycles.